The molecule has 2 rings (SSSR count). The molecule has 2 aliphatic rings. The lowest BCUT2D eigenvalue weighted by atomic mass is 10.4. The van der Waals surface area contributed by atoms with Crippen molar-refractivity contribution >= 4 is 47.2 Å². The van der Waals surface area contributed by atoms with Gasteiger partial charge in [-0.3, -0.25) is 29.0 Å². The van der Waals surface area contributed by atoms with Crippen LogP contribution in [-0.4, -0.2) is 70.0 Å². The van der Waals surface area contributed by atoms with E-state index >= 15 is 0 Å². The Morgan fingerprint density at radius 3 is 1.57 bits per heavy atom. The molecule has 2 fully saturated rings. The first-order valence-corrected chi connectivity index (χ1v) is 9.15. The molecule has 8 heteroatoms. The molecular weight excluding hydrogens is 336 g/mol. The minimum atomic E-state index is -0.127. The number of rotatable bonds is 3. The third kappa shape index (κ3) is 5.53. The average Bonchev–Trinajstić information content (AvgIpc) is 2.89. The number of imide groups is 2. The van der Waals surface area contributed by atoms with Crippen molar-refractivity contribution in [2.45, 2.75) is 45.1 Å². The van der Waals surface area contributed by atoms with Gasteiger partial charge in [-0.2, -0.15) is 23.5 Å². The van der Waals surface area contributed by atoms with Gasteiger partial charge >= 0.3 is 0 Å². The van der Waals surface area contributed by atoms with Gasteiger partial charge in [0.15, 0.2) is 0 Å². The summed E-state index contributed by atoms with van der Waals surface area (Å²) in [6.07, 6.45) is 4.45. The molecule has 0 aromatic rings. The van der Waals surface area contributed by atoms with Gasteiger partial charge in [0.25, 0.3) is 0 Å². The molecule has 2 unspecified atom stereocenters. The smallest absolute Gasteiger partial charge is 0.242 e. The summed E-state index contributed by atoms with van der Waals surface area (Å²) in [6.45, 7) is 2.33. The molecule has 4 amide bonds. The van der Waals surface area contributed by atoms with Gasteiger partial charge in [0.1, 0.15) is 0 Å². The van der Waals surface area contributed by atoms with Crippen molar-refractivity contribution in [1.29, 1.82) is 0 Å². The van der Waals surface area contributed by atoms with Crippen LogP contribution in [0.2, 0.25) is 0 Å². The number of carbonyl (C=O) groups is 4. The number of carbonyl (C=O) groups excluding carboxylic acids is 4. The van der Waals surface area contributed by atoms with Crippen LogP contribution in [0.15, 0.2) is 0 Å². The topological polar surface area (TPSA) is 74.8 Å². The second-order valence-electron chi connectivity index (χ2n) is 4.62. The molecule has 0 aliphatic carbocycles. The molecule has 0 radical (unpaired) electrons. The number of nitrogens with zero attached hydrogens (tertiary/aromatic N) is 2. The lowest BCUT2D eigenvalue weighted by molar-refractivity contribution is -0.139. The highest BCUT2D eigenvalue weighted by Gasteiger charge is 2.36. The van der Waals surface area contributed by atoms with Crippen LogP contribution in [0.4, 0.5) is 0 Å². The van der Waals surface area contributed by atoms with E-state index in [-0.39, 0.29) is 49.0 Å². The van der Waals surface area contributed by atoms with Crippen LogP contribution in [-0.2, 0) is 19.2 Å². The van der Waals surface area contributed by atoms with Crippen LogP contribution < -0.4 is 0 Å². The zero-order valence-corrected chi connectivity index (χ0v) is 14.3. The maximum atomic E-state index is 11.3. The van der Waals surface area contributed by atoms with Gasteiger partial charge in [0, 0.05) is 26.4 Å². The summed E-state index contributed by atoms with van der Waals surface area (Å²) < 4.78 is 0. The molecule has 0 N–H and O–H groups in total. The predicted molar refractivity (Wildman–Crippen MR) is 97.5 cm³/mol. The molecule has 2 heterocycles. The third-order valence-electron chi connectivity index (χ3n) is 3.43. The fourth-order valence-electron chi connectivity index (χ4n) is 2.08. The largest absolute Gasteiger partial charge is 0.285 e. The van der Waals surface area contributed by atoms with E-state index in [9.17, 15) is 19.2 Å². The number of amides is 4. The summed E-state index contributed by atoms with van der Waals surface area (Å²) in [5.41, 5.74) is 0. The van der Waals surface area contributed by atoms with Crippen molar-refractivity contribution in [2.24, 2.45) is 0 Å². The Morgan fingerprint density at radius 1 is 0.913 bits per heavy atom. The van der Waals surface area contributed by atoms with Crippen LogP contribution in [0.5, 0.6) is 0 Å². The van der Waals surface area contributed by atoms with Gasteiger partial charge in [-0.25, -0.2) is 0 Å². The highest BCUT2D eigenvalue weighted by molar-refractivity contribution is 8.00. The van der Waals surface area contributed by atoms with Gasteiger partial charge in [-0.05, 0) is 19.4 Å². The SMILES string of the molecule is C.C.CCN1C(=O)CC(SC)C1=O.CSC1CC(=O)N(C)C1=O. The third-order valence-corrected chi connectivity index (χ3v) is 5.30. The van der Waals surface area contributed by atoms with Crippen molar-refractivity contribution in [3.05, 3.63) is 0 Å². The van der Waals surface area contributed by atoms with Crippen LogP contribution in [0.25, 0.3) is 0 Å². The lowest BCUT2D eigenvalue weighted by Crippen LogP contribution is -2.30. The molecule has 0 bridgehead atoms. The standard InChI is InChI=1S/C7H11NO2S.C6H9NO2S.2CH4/c1-3-8-6(9)4-5(11-2)7(8)10;1-7-5(8)3-4(10-2)6(7)9;;/h5H,3-4H2,1-2H3;4H,3H2,1-2H3;2*1H4. The lowest BCUT2D eigenvalue weighted by Gasteiger charge is -2.09. The van der Waals surface area contributed by atoms with Crippen molar-refractivity contribution in [3.63, 3.8) is 0 Å². The number of thioether (sulfide) groups is 2. The van der Waals surface area contributed by atoms with Crippen LogP contribution in [0, 0.1) is 0 Å². The quantitative estimate of drug-likeness (QED) is 0.712. The molecule has 6 nitrogen and oxygen atoms in total. The average molecular weight is 365 g/mol. The molecule has 23 heavy (non-hydrogen) atoms. The van der Waals surface area contributed by atoms with E-state index < -0.39 is 0 Å². The molecule has 0 spiro atoms. The van der Waals surface area contributed by atoms with Crippen molar-refractivity contribution in [1.82, 2.24) is 9.80 Å². The van der Waals surface area contributed by atoms with E-state index in [1.165, 1.54) is 40.4 Å². The van der Waals surface area contributed by atoms with Crippen LogP contribution in [0.3, 0.4) is 0 Å². The zero-order chi connectivity index (χ0) is 16.2. The highest BCUT2D eigenvalue weighted by Crippen LogP contribution is 2.22. The van der Waals surface area contributed by atoms with Crippen molar-refractivity contribution < 1.29 is 19.2 Å². The normalized spacial score (nSPS) is 23.3. The van der Waals surface area contributed by atoms with Gasteiger partial charge in [-0.1, -0.05) is 14.9 Å². The number of hydrogen-bond acceptors (Lipinski definition) is 6. The van der Waals surface area contributed by atoms with Gasteiger partial charge < -0.3 is 0 Å². The highest BCUT2D eigenvalue weighted by atomic mass is 32.2. The molecular formula is C15H28N2O4S2. The van der Waals surface area contributed by atoms with Crippen molar-refractivity contribution in [3.8, 4) is 0 Å². The Balaban J connectivity index is 0. The minimum Gasteiger partial charge on any atom is -0.285 e. The zero-order valence-electron chi connectivity index (χ0n) is 12.6. The fourth-order valence-corrected chi connectivity index (χ4v) is 3.38. The van der Waals surface area contributed by atoms with Gasteiger partial charge in [-0.15, -0.1) is 0 Å². The van der Waals surface area contributed by atoms with Crippen LogP contribution in [0.1, 0.15) is 34.6 Å². The molecule has 0 aromatic heterocycles. The monoisotopic (exact) mass is 364 g/mol. The molecule has 2 aliphatic heterocycles. The van der Waals surface area contributed by atoms with E-state index in [4.69, 9.17) is 0 Å². The summed E-state index contributed by atoms with van der Waals surface area (Å²) >= 11 is 2.89. The Hall–Kier alpha value is -1.02. The van der Waals surface area contributed by atoms with Gasteiger partial charge in [0.05, 0.1) is 10.5 Å². The van der Waals surface area contributed by atoms with E-state index in [2.05, 4.69) is 0 Å². The molecule has 0 saturated carbocycles. The van der Waals surface area contributed by atoms with E-state index in [1.54, 1.807) is 0 Å². The van der Waals surface area contributed by atoms with E-state index in [0.717, 1.165) is 0 Å². The summed E-state index contributed by atoms with van der Waals surface area (Å²) in [7, 11) is 1.53. The number of hydrogen-bond donors (Lipinski definition) is 0. The van der Waals surface area contributed by atoms with E-state index in [0.29, 0.717) is 19.4 Å². The minimum absolute atomic E-state index is 0. The maximum absolute atomic E-state index is 11.3. The fraction of sp³-hybridized carbons (Fsp3) is 0.733. The Kier molecular flexibility index (Phi) is 11.3. The maximum Gasteiger partial charge on any atom is 0.242 e. The molecule has 2 saturated heterocycles. The van der Waals surface area contributed by atoms with Crippen LogP contribution >= 0.6 is 23.5 Å². The Bertz CT molecular complexity index is 457. The summed E-state index contributed by atoms with van der Waals surface area (Å²) in [6, 6.07) is 0. The molecule has 134 valence electrons. The second-order valence-corrected chi connectivity index (χ2v) is 6.71. The molecule has 2 atom stereocenters. The molecule has 0 aromatic carbocycles. The second kappa shape index (κ2) is 10.7. The number of likely N-dealkylation sites (tertiary alicyclic amines) is 2. The Labute approximate surface area is 147 Å². The first-order chi connectivity index (χ1) is 9.87. The first kappa shape index (κ1) is 24.2. The van der Waals surface area contributed by atoms with E-state index in [1.807, 2.05) is 19.4 Å². The van der Waals surface area contributed by atoms with Crippen molar-refractivity contribution in [2.75, 3.05) is 26.1 Å². The summed E-state index contributed by atoms with van der Waals surface area (Å²) in [5, 5.41) is -0.250. The summed E-state index contributed by atoms with van der Waals surface area (Å²) in [4.78, 5) is 46.7. The first-order valence-electron chi connectivity index (χ1n) is 6.57. The Morgan fingerprint density at radius 2 is 1.35 bits per heavy atom. The predicted octanol–water partition coefficient (Wildman–Crippen LogP) is 1.88. The van der Waals surface area contributed by atoms with Gasteiger partial charge in [0.2, 0.25) is 23.6 Å². The summed E-state index contributed by atoms with van der Waals surface area (Å²) in [5.74, 6) is -0.177.